The number of rotatable bonds is 54. The smallest absolute Gasteiger partial charge is 0.305 e. The SMILES string of the molecule is CCCCC/C=C\C/C=C\CCCCCCCCCCCC(=O)OCCCCCCCCCCC/C=C\CCCCCCCC(=O)NC(CO)C(O)CCCCCCCCCCCCCC. The Morgan fingerprint density at radius 3 is 1.20 bits per heavy atom. The molecule has 2 unspecified atom stereocenters. The molecule has 0 aromatic heterocycles. The number of esters is 1. The number of aliphatic hydroxyl groups is 2. The maximum absolute atomic E-state index is 12.4. The highest BCUT2D eigenvalue weighted by atomic mass is 16.5. The number of nitrogens with one attached hydrogen (secondary N) is 1. The Morgan fingerprint density at radius 1 is 0.424 bits per heavy atom. The van der Waals surface area contributed by atoms with Crippen LogP contribution in [0.4, 0.5) is 0 Å². The second-order valence-corrected chi connectivity index (χ2v) is 20.0. The van der Waals surface area contributed by atoms with Gasteiger partial charge in [-0.2, -0.15) is 0 Å². The van der Waals surface area contributed by atoms with E-state index in [4.69, 9.17) is 4.74 Å². The van der Waals surface area contributed by atoms with Crippen molar-refractivity contribution in [3.8, 4) is 0 Å². The van der Waals surface area contributed by atoms with Crippen LogP contribution in [0, 0.1) is 0 Å². The summed E-state index contributed by atoms with van der Waals surface area (Å²) in [7, 11) is 0. The van der Waals surface area contributed by atoms with Crippen LogP contribution in [-0.2, 0) is 14.3 Å². The van der Waals surface area contributed by atoms with Crippen molar-refractivity contribution in [1.82, 2.24) is 5.32 Å². The Kier molecular flexibility index (Phi) is 54.1. The molecular weight excluding hydrogens is 815 g/mol. The van der Waals surface area contributed by atoms with E-state index in [2.05, 4.69) is 55.6 Å². The minimum Gasteiger partial charge on any atom is -0.466 e. The highest BCUT2D eigenvalue weighted by Gasteiger charge is 2.20. The number of hydrogen-bond acceptors (Lipinski definition) is 5. The lowest BCUT2D eigenvalue weighted by Crippen LogP contribution is -2.45. The fourth-order valence-corrected chi connectivity index (χ4v) is 8.90. The molecule has 0 aliphatic carbocycles. The van der Waals surface area contributed by atoms with Gasteiger partial charge >= 0.3 is 5.97 Å². The Bertz CT molecular complexity index is 1070. The van der Waals surface area contributed by atoms with Crippen molar-refractivity contribution in [2.45, 2.75) is 321 Å². The van der Waals surface area contributed by atoms with Crippen LogP contribution in [-0.4, -0.2) is 47.4 Å². The van der Waals surface area contributed by atoms with Gasteiger partial charge in [0.1, 0.15) is 0 Å². The first-order valence-electron chi connectivity index (χ1n) is 29.2. The van der Waals surface area contributed by atoms with Crippen LogP contribution in [0.15, 0.2) is 36.5 Å². The number of aliphatic hydroxyl groups excluding tert-OH is 2. The van der Waals surface area contributed by atoms with E-state index in [0.29, 0.717) is 25.9 Å². The maximum Gasteiger partial charge on any atom is 0.305 e. The molecule has 0 fully saturated rings. The Hall–Kier alpha value is -1.92. The number of hydrogen-bond donors (Lipinski definition) is 3. The summed E-state index contributed by atoms with van der Waals surface area (Å²) < 4.78 is 5.49. The van der Waals surface area contributed by atoms with Gasteiger partial charge in [-0.1, -0.05) is 249 Å². The number of allylic oxidation sites excluding steroid dienone is 6. The van der Waals surface area contributed by atoms with Gasteiger partial charge in [-0.3, -0.25) is 9.59 Å². The molecule has 66 heavy (non-hydrogen) atoms. The molecule has 0 aliphatic rings. The molecule has 0 saturated carbocycles. The van der Waals surface area contributed by atoms with E-state index in [1.165, 1.54) is 212 Å². The Morgan fingerprint density at radius 2 is 0.758 bits per heavy atom. The predicted molar refractivity (Wildman–Crippen MR) is 287 cm³/mol. The van der Waals surface area contributed by atoms with E-state index >= 15 is 0 Å². The molecule has 2 atom stereocenters. The molecule has 3 N–H and O–H groups in total. The molecule has 388 valence electrons. The van der Waals surface area contributed by atoms with Gasteiger partial charge in [0.05, 0.1) is 25.4 Å². The first-order valence-corrected chi connectivity index (χ1v) is 29.2. The standard InChI is InChI=1S/C60H113NO5/c1-3-5-7-9-11-13-15-17-18-19-20-24-27-30-34-38-42-46-50-54-60(65)66-55-51-47-43-39-35-31-28-25-22-21-23-26-29-33-37-41-45-49-53-59(64)61-57(56-62)58(63)52-48-44-40-36-32-16-14-12-10-8-6-4-2/h11,13,17-18,23,26,57-58,62-63H,3-10,12,14-16,19-22,24-25,27-56H2,1-2H3,(H,61,64)/b13-11-,18-17-,26-23-. The minimum absolute atomic E-state index is 0.000961. The number of carbonyl (C=O) groups is 2. The van der Waals surface area contributed by atoms with E-state index in [1.807, 2.05) is 0 Å². The van der Waals surface area contributed by atoms with E-state index in [0.717, 1.165) is 64.2 Å². The molecule has 0 saturated heterocycles. The predicted octanol–water partition coefficient (Wildman–Crippen LogP) is 18.0. The number of amides is 1. The highest BCUT2D eigenvalue weighted by Crippen LogP contribution is 2.16. The fourth-order valence-electron chi connectivity index (χ4n) is 8.90. The van der Waals surface area contributed by atoms with Crippen LogP contribution in [0.2, 0.25) is 0 Å². The molecule has 0 rings (SSSR count). The van der Waals surface area contributed by atoms with Crippen molar-refractivity contribution >= 4 is 11.9 Å². The number of carbonyl (C=O) groups excluding carboxylic acids is 2. The molecule has 0 heterocycles. The summed E-state index contributed by atoms with van der Waals surface area (Å²) in [6.07, 6.45) is 68.5. The van der Waals surface area contributed by atoms with Crippen molar-refractivity contribution in [2.75, 3.05) is 13.2 Å². The summed E-state index contributed by atoms with van der Waals surface area (Å²) in [5.74, 6) is -0.0509. The molecule has 0 radical (unpaired) electrons. The summed E-state index contributed by atoms with van der Waals surface area (Å²) >= 11 is 0. The third kappa shape index (κ3) is 51.5. The van der Waals surface area contributed by atoms with Crippen molar-refractivity contribution < 1.29 is 24.5 Å². The molecule has 0 spiro atoms. The molecule has 0 aromatic rings. The normalized spacial score (nSPS) is 12.8. The molecule has 0 aromatic carbocycles. The fraction of sp³-hybridized carbons (Fsp3) is 0.867. The van der Waals surface area contributed by atoms with Gasteiger partial charge in [-0.25, -0.2) is 0 Å². The van der Waals surface area contributed by atoms with Gasteiger partial charge in [-0.15, -0.1) is 0 Å². The van der Waals surface area contributed by atoms with Gasteiger partial charge in [0.2, 0.25) is 5.91 Å². The van der Waals surface area contributed by atoms with Crippen LogP contribution in [0.5, 0.6) is 0 Å². The van der Waals surface area contributed by atoms with E-state index in [-0.39, 0.29) is 18.5 Å². The van der Waals surface area contributed by atoms with Crippen molar-refractivity contribution in [1.29, 1.82) is 0 Å². The van der Waals surface area contributed by atoms with Crippen molar-refractivity contribution in [2.24, 2.45) is 0 Å². The lowest BCUT2D eigenvalue weighted by molar-refractivity contribution is -0.143. The molecule has 1 amide bonds. The van der Waals surface area contributed by atoms with Gasteiger partial charge < -0.3 is 20.3 Å². The summed E-state index contributed by atoms with van der Waals surface area (Å²) in [5.41, 5.74) is 0. The maximum atomic E-state index is 12.4. The summed E-state index contributed by atoms with van der Waals surface area (Å²) in [4.78, 5) is 24.5. The largest absolute Gasteiger partial charge is 0.466 e. The summed E-state index contributed by atoms with van der Waals surface area (Å²) in [6, 6.07) is -0.551. The van der Waals surface area contributed by atoms with E-state index in [1.54, 1.807) is 0 Å². The molecular formula is C60H113NO5. The van der Waals surface area contributed by atoms with Gasteiger partial charge in [-0.05, 0) is 83.5 Å². The van der Waals surface area contributed by atoms with Crippen LogP contribution in [0.3, 0.4) is 0 Å². The third-order valence-electron chi connectivity index (χ3n) is 13.4. The number of unbranched alkanes of at least 4 members (excludes halogenated alkanes) is 37. The van der Waals surface area contributed by atoms with Crippen LogP contribution < -0.4 is 5.32 Å². The minimum atomic E-state index is -0.672. The first kappa shape index (κ1) is 64.1. The molecule has 6 heteroatoms. The Balaban J connectivity index is 3.42. The summed E-state index contributed by atoms with van der Waals surface area (Å²) in [5, 5.41) is 23.2. The Labute approximate surface area is 411 Å². The van der Waals surface area contributed by atoms with Crippen molar-refractivity contribution in [3.63, 3.8) is 0 Å². The third-order valence-corrected chi connectivity index (χ3v) is 13.4. The monoisotopic (exact) mass is 928 g/mol. The zero-order valence-electron chi connectivity index (χ0n) is 44.2. The second kappa shape index (κ2) is 55.7. The quantitative estimate of drug-likeness (QED) is 0.0321. The zero-order chi connectivity index (χ0) is 47.9. The molecule has 0 bridgehead atoms. The van der Waals surface area contributed by atoms with Gasteiger partial charge in [0.25, 0.3) is 0 Å². The van der Waals surface area contributed by atoms with E-state index in [9.17, 15) is 19.8 Å². The average molecular weight is 929 g/mol. The average Bonchev–Trinajstić information content (AvgIpc) is 3.32. The topological polar surface area (TPSA) is 95.9 Å². The molecule has 6 nitrogen and oxygen atoms in total. The van der Waals surface area contributed by atoms with Gasteiger partial charge in [0.15, 0.2) is 0 Å². The van der Waals surface area contributed by atoms with Crippen LogP contribution in [0.25, 0.3) is 0 Å². The summed E-state index contributed by atoms with van der Waals surface area (Å²) in [6.45, 7) is 4.91. The van der Waals surface area contributed by atoms with Crippen LogP contribution >= 0.6 is 0 Å². The first-order chi connectivity index (χ1) is 32.5. The highest BCUT2D eigenvalue weighted by molar-refractivity contribution is 5.76. The molecule has 0 aliphatic heterocycles. The number of ether oxygens (including phenoxy) is 1. The zero-order valence-corrected chi connectivity index (χ0v) is 44.2. The van der Waals surface area contributed by atoms with Crippen LogP contribution in [0.1, 0.15) is 309 Å². The van der Waals surface area contributed by atoms with E-state index < -0.39 is 12.1 Å². The van der Waals surface area contributed by atoms with Gasteiger partial charge in [0, 0.05) is 12.8 Å². The lowest BCUT2D eigenvalue weighted by Gasteiger charge is -2.22. The second-order valence-electron chi connectivity index (χ2n) is 20.0. The lowest BCUT2D eigenvalue weighted by atomic mass is 10.0. The van der Waals surface area contributed by atoms with Crippen molar-refractivity contribution in [3.05, 3.63) is 36.5 Å².